The van der Waals surface area contributed by atoms with Gasteiger partial charge in [-0.1, -0.05) is 42.5 Å². The van der Waals surface area contributed by atoms with Crippen LogP contribution in [0.4, 0.5) is 0 Å². The van der Waals surface area contributed by atoms with Gasteiger partial charge in [-0.25, -0.2) is 15.0 Å². The van der Waals surface area contributed by atoms with Gasteiger partial charge in [-0.05, 0) is 37.1 Å². The monoisotopic (exact) mass is 380 g/mol. The maximum absolute atomic E-state index is 6.13. The number of rotatable bonds is 4. The zero-order valence-electron chi connectivity index (χ0n) is 16.3. The van der Waals surface area contributed by atoms with Crippen molar-refractivity contribution < 1.29 is 4.74 Å². The van der Waals surface area contributed by atoms with Crippen LogP contribution < -0.4 is 4.74 Å². The Hall–Kier alpha value is -3.73. The molecule has 0 bridgehead atoms. The molecule has 3 heterocycles. The lowest BCUT2D eigenvalue weighted by Gasteiger charge is -2.14. The molecule has 0 fully saturated rings. The van der Waals surface area contributed by atoms with Gasteiger partial charge in [0, 0.05) is 22.7 Å². The molecule has 0 atom stereocenters. The predicted molar refractivity (Wildman–Crippen MR) is 115 cm³/mol. The van der Waals surface area contributed by atoms with E-state index in [-0.39, 0.29) is 0 Å². The Morgan fingerprint density at radius 1 is 0.931 bits per heavy atom. The van der Waals surface area contributed by atoms with Crippen LogP contribution in [-0.4, -0.2) is 19.9 Å². The van der Waals surface area contributed by atoms with Crippen molar-refractivity contribution in [2.75, 3.05) is 0 Å². The molecule has 29 heavy (non-hydrogen) atoms. The minimum atomic E-state index is 0.373. The number of para-hydroxylation sites is 1. The molecule has 0 aliphatic rings. The third-order valence-electron chi connectivity index (χ3n) is 5.21. The van der Waals surface area contributed by atoms with E-state index in [1.165, 1.54) is 11.9 Å². The number of hydrogen-bond donors (Lipinski definition) is 1. The highest BCUT2D eigenvalue weighted by molar-refractivity contribution is 5.86. The fourth-order valence-electron chi connectivity index (χ4n) is 3.68. The Kier molecular flexibility index (Phi) is 4.21. The van der Waals surface area contributed by atoms with E-state index in [0.717, 1.165) is 44.3 Å². The SMILES string of the molecule is Cc1ccccc1-c1nc2c(C)cccc2cc1COc1ncnc2[nH]ccc12. The van der Waals surface area contributed by atoms with Gasteiger partial charge in [0.2, 0.25) is 5.88 Å². The van der Waals surface area contributed by atoms with Crippen LogP contribution in [0.25, 0.3) is 33.2 Å². The summed E-state index contributed by atoms with van der Waals surface area (Å²) >= 11 is 0. The van der Waals surface area contributed by atoms with Crippen molar-refractivity contribution in [3.63, 3.8) is 0 Å². The standard InChI is InChI=1S/C24H20N4O/c1-15-6-3-4-9-19(15)22-18(12-17-8-5-7-16(2)21(17)28-22)13-29-24-20-10-11-25-23(20)26-14-27-24/h3-12,14H,13H2,1-2H3,(H,25,26,27). The second kappa shape index (κ2) is 7.02. The zero-order valence-corrected chi connectivity index (χ0v) is 16.3. The Morgan fingerprint density at radius 3 is 2.69 bits per heavy atom. The second-order valence-corrected chi connectivity index (χ2v) is 7.17. The Labute approximate surface area is 168 Å². The number of fused-ring (bicyclic) bond motifs is 2. The summed E-state index contributed by atoms with van der Waals surface area (Å²) in [5.74, 6) is 0.566. The summed E-state index contributed by atoms with van der Waals surface area (Å²) in [6.45, 7) is 4.58. The number of aromatic amines is 1. The van der Waals surface area contributed by atoms with Crippen molar-refractivity contribution in [1.82, 2.24) is 19.9 Å². The molecule has 1 N–H and O–H groups in total. The maximum atomic E-state index is 6.13. The quantitative estimate of drug-likeness (QED) is 0.455. The third kappa shape index (κ3) is 3.10. The van der Waals surface area contributed by atoms with Gasteiger partial charge in [0.25, 0.3) is 0 Å². The predicted octanol–water partition coefficient (Wildman–Crippen LogP) is 5.37. The molecule has 5 heteroatoms. The van der Waals surface area contributed by atoms with E-state index in [4.69, 9.17) is 9.72 Å². The average Bonchev–Trinajstić information content (AvgIpc) is 3.22. The largest absolute Gasteiger partial charge is 0.472 e. The molecule has 0 saturated carbocycles. The highest BCUT2D eigenvalue weighted by Crippen LogP contribution is 2.30. The fourth-order valence-corrected chi connectivity index (χ4v) is 3.68. The van der Waals surface area contributed by atoms with Crippen LogP contribution in [0.1, 0.15) is 16.7 Å². The topological polar surface area (TPSA) is 63.7 Å². The van der Waals surface area contributed by atoms with Gasteiger partial charge < -0.3 is 9.72 Å². The first-order chi connectivity index (χ1) is 14.2. The number of aryl methyl sites for hydroxylation is 2. The first-order valence-electron chi connectivity index (χ1n) is 9.57. The first-order valence-corrected chi connectivity index (χ1v) is 9.57. The molecule has 5 aromatic rings. The zero-order chi connectivity index (χ0) is 19.8. The highest BCUT2D eigenvalue weighted by Gasteiger charge is 2.14. The van der Waals surface area contributed by atoms with Crippen LogP contribution in [0.3, 0.4) is 0 Å². The lowest BCUT2D eigenvalue weighted by molar-refractivity contribution is 0.298. The number of nitrogens with zero attached hydrogens (tertiary/aromatic N) is 3. The number of ether oxygens (including phenoxy) is 1. The Morgan fingerprint density at radius 2 is 1.79 bits per heavy atom. The molecule has 142 valence electrons. The Bertz CT molecular complexity index is 1340. The summed E-state index contributed by atoms with van der Waals surface area (Å²) in [7, 11) is 0. The first kappa shape index (κ1) is 17.4. The number of aromatic nitrogens is 4. The van der Waals surface area contributed by atoms with Crippen molar-refractivity contribution in [3.8, 4) is 17.1 Å². The molecule has 3 aromatic heterocycles. The van der Waals surface area contributed by atoms with Crippen molar-refractivity contribution in [2.24, 2.45) is 0 Å². The summed E-state index contributed by atoms with van der Waals surface area (Å²) in [5, 5.41) is 1.98. The smallest absolute Gasteiger partial charge is 0.226 e. The van der Waals surface area contributed by atoms with E-state index >= 15 is 0 Å². The van der Waals surface area contributed by atoms with Crippen molar-refractivity contribution in [2.45, 2.75) is 20.5 Å². The van der Waals surface area contributed by atoms with Gasteiger partial charge in [-0.2, -0.15) is 0 Å². The summed E-state index contributed by atoms with van der Waals surface area (Å²) in [5.41, 5.74) is 7.22. The third-order valence-corrected chi connectivity index (χ3v) is 5.21. The summed E-state index contributed by atoms with van der Waals surface area (Å²) in [6.07, 6.45) is 3.35. The average molecular weight is 380 g/mol. The molecule has 0 saturated heterocycles. The number of hydrogen-bond acceptors (Lipinski definition) is 4. The van der Waals surface area contributed by atoms with E-state index in [9.17, 15) is 0 Å². The number of H-pyrrole nitrogens is 1. The summed E-state index contributed by atoms with van der Waals surface area (Å²) in [6, 6.07) is 18.7. The molecule has 2 aromatic carbocycles. The van der Waals surface area contributed by atoms with E-state index in [2.05, 4.69) is 65.2 Å². The minimum absolute atomic E-state index is 0.373. The lowest BCUT2D eigenvalue weighted by Crippen LogP contribution is -2.03. The lowest BCUT2D eigenvalue weighted by atomic mass is 9.99. The molecule has 5 nitrogen and oxygen atoms in total. The molecule has 0 aliphatic heterocycles. The number of benzene rings is 2. The van der Waals surface area contributed by atoms with Crippen molar-refractivity contribution in [3.05, 3.63) is 83.8 Å². The van der Waals surface area contributed by atoms with Crippen LogP contribution >= 0.6 is 0 Å². The van der Waals surface area contributed by atoms with Gasteiger partial charge in [0.05, 0.1) is 16.6 Å². The highest BCUT2D eigenvalue weighted by atomic mass is 16.5. The fraction of sp³-hybridized carbons (Fsp3) is 0.125. The Balaban J connectivity index is 1.63. The van der Waals surface area contributed by atoms with Crippen LogP contribution in [-0.2, 0) is 6.61 Å². The van der Waals surface area contributed by atoms with Crippen molar-refractivity contribution >= 4 is 21.9 Å². The number of pyridine rings is 1. The van der Waals surface area contributed by atoms with Gasteiger partial charge in [0.15, 0.2) is 0 Å². The maximum Gasteiger partial charge on any atom is 0.226 e. The van der Waals surface area contributed by atoms with Crippen LogP contribution in [0.15, 0.2) is 67.1 Å². The molecular formula is C24H20N4O. The van der Waals surface area contributed by atoms with Crippen LogP contribution in [0.2, 0.25) is 0 Å². The van der Waals surface area contributed by atoms with E-state index in [1.807, 2.05) is 24.4 Å². The number of nitrogens with one attached hydrogen (secondary N) is 1. The van der Waals surface area contributed by atoms with Gasteiger partial charge in [-0.3, -0.25) is 0 Å². The molecule has 5 rings (SSSR count). The van der Waals surface area contributed by atoms with Crippen molar-refractivity contribution in [1.29, 1.82) is 0 Å². The van der Waals surface area contributed by atoms with Gasteiger partial charge >= 0.3 is 0 Å². The van der Waals surface area contributed by atoms with Crippen LogP contribution in [0.5, 0.6) is 5.88 Å². The molecule has 0 radical (unpaired) electrons. The van der Waals surface area contributed by atoms with E-state index in [1.54, 1.807) is 0 Å². The molecule has 0 spiro atoms. The van der Waals surface area contributed by atoms with Crippen LogP contribution in [0, 0.1) is 13.8 Å². The van der Waals surface area contributed by atoms with E-state index in [0.29, 0.717) is 12.5 Å². The second-order valence-electron chi connectivity index (χ2n) is 7.17. The summed E-state index contributed by atoms with van der Waals surface area (Å²) in [4.78, 5) is 16.7. The minimum Gasteiger partial charge on any atom is -0.472 e. The van der Waals surface area contributed by atoms with E-state index < -0.39 is 0 Å². The summed E-state index contributed by atoms with van der Waals surface area (Å²) < 4.78 is 6.13. The molecule has 0 aliphatic carbocycles. The van der Waals surface area contributed by atoms with Gasteiger partial charge in [-0.15, -0.1) is 0 Å². The molecular weight excluding hydrogens is 360 g/mol. The molecule has 0 amide bonds. The molecule has 0 unspecified atom stereocenters. The normalized spacial score (nSPS) is 11.2. The van der Waals surface area contributed by atoms with Gasteiger partial charge in [0.1, 0.15) is 18.6 Å².